The van der Waals surface area contributed by atoms with E-state index in [9.17, 15) is 18.0 Å². The predicted octanol–water partition coefficient (Wildman–Crippen LogP) is 5.26. The second-order valence-electron chi connectivity index (χ2n) is 8.31. The minimum Gasteiger partial charge on any atom is -0.493 e. The smallest absolute Gasteiger partial charge is 0.422 e. The van der Waals surface area contributed by atoms with Gasteiger partial charge in [0, 0.05) is 32.4 Å². The van der Waals surface area contributed by atoms with E-state index < -0.39 is 12.8 Å². The summed E-state index contributed by atoms with van der Waals surface area (Å²) in [5, 5.41) is 0. The number of benzene rings is 2. The molecule has 1 amide bonds. The van der Waals surface area contributed by atoms with Gasteiger partial charge in [0.2, 0.25) is 5.91 Å². The molecule has 0 unspecified atom stereocenters. The summed E-state index contributed by atoms with van der Waals surface area (Å²) in [6.45, 7) is 3.96. The second kappa shape index (κ2) is 10.8. The molecule has 1 fully saturated rings. The molecule has 0 atom stereocenters. The molecule has 0 saturated carbocycles. The highest BCUT2D eigenvalue weighted by Gasteiger charge is 2.29. The SMILES string of the molecule is COc1cc(CCC(=O)N2CCC(Oc3c(C)cccc3C)CC2)ccc1OCC(F)(F)F. The van der Waals surface area contributed by atoms with Crippen LogP contribution in [0.1, 0.15) is 36.0 Å². The van der Waals surface area contributed by atoms with Crippen molar-refractivity contribution < 1.29 is 32.2 Å². The van der Waals surface area contributed by atoms with Gasteiger partial charge in [0.25, 0.3) is 0 Å². The third-order valence-electron chi connectivity index (χ3n) is 5.73. The number of likely N-dealkylation sites (tertiary alicyclic amines) is 1. The Kier molecular flexibility index (Phi) is 8.10. The van der Waals surface area contributed by atoms with Gasteiger partial charge in [0.1, 0.15) is 11.9 Å². The number of methoxy groups -OCH3 is 1. The topological polar surface area (TPSA) is 48.0 Å². The van der Waals surface area contributed by atoms with Crippen LogP contribution in [0.2, 0.25) is 0 Å². The second-order valence-corrected chi connectivity index (χ2v) is 8.31. The van der Waals surface area contributed by atoms with Crippen LogP contribution in [0.15, 0.2) is 36.4 Å². The molecule has 33 heavy (non-hydrogen) atoms. The Bertz CT molecular complexity index is 933. The number of carbonyl (C=O) groups excluding carboxylic acids is 1. The number of amides is 1. The Morgan fingerprint density at radius 3 is 2.33 bits per heavy atom. The summed E-state index contributed by atoms with van der Waals surface area (Å²) in [6, 6.07) is 10.8. The highest BCUT2D eigenvalue weighted by atomic mass is 19.4. The highest BCUT2D eigenvalue weighted by Crippen LogP contribution is 2.30. The number of para-hydroxylation sites is 1. The van der Waals surface area contributed by atoms with E-state index in [0.717, 1.165) is 35.3 Å². The molecule has 1 saturated heterocycles. The Hall–Kier alpha value is -2.90. The molecule has 0 N–H and O–H groups in total. The van der Waals surface area contributed by atoms with Gasteiger partial charge in [0.15, 0.2) is 18.1 Å². The van der Waals surface area contributed by atoms with Crippen LogP contribution in [-0.4, -0.2) is 49.9 Å². The molecule has 5 nitrogen and oxygen atoms in total. The lowest BCUT2D eigenvalue weighted by Crippen LogP contribution is -2.42. The molecule has 0 aromatic heterocycles. The normalized spacial score (nSPS) is 14.8. The Balaban J connectivity index is 1.48. The number of rotatable bonds is 8. The minimum absolute atomic E-state index is 0.0239. The average Bonchev–Trinajstić information content (AvgIpc) is 2.78. The first-order valence-corrected chi connectivity index (χ1v) is 11.0. The maximum Gasteiger partial charge on any atom is 0.422 e. The van der Waals surface area contributed by atoms with E-state index in [2.05, 4.69) is 0 Å². The van der Waals surface area contributed by atoms with Crippen molar-refractivity contribution in [2.45, 2.75) is 51.8 Å². The first-order valence-electron chi connectivity index (χ1n) is 11.0. The van der Waals surface area contributed by atoms with E-state index in [1.54, 1.807) is 12.1 Å². The van der Waals surface area contributed by atoms with Crippen LogP contribution >= 0.6 is 0 Å². The molecule has 0 spiro atoms. The van der Waals surface area contributed by atoms with Crippen LogP contribution in [0.25, 0.3) is 0 Å². The largest absolute Gasteiger partial charge is 0.493 e. The molecule has 8 heteroatoms. The minimum atomic E-state index is -4.42. The molecule has 180 valence electrons. The molecule has 1 aliphatic rings. The first-order chi connectivity index (χ1) is 15.7. The lowest BCUT2D eigenvalue weighted by Gasteiger charge is -2.33. The average molecular weight is 466 g/mol. The fourth-order valence-electron chi connectivity index (χ4n) is 3.93. The Labute approximate surface area is 192 Å². The number of halogens is 3. The van der Waals surface area contributed by atoms with Gasteiger partial charge in [0.05, 0.1) is 7.11 Å². The number of hydrogen-bond donors (Lipinski definition) is 0. The summed E-state index contributed by atoms with van der Waals surface area (Å²) in [7, 11) is 1.37. The maximum atomic E-state index is 12.7. The Morgan fingerprint density at radius 1 is 1.06 bits per heavy atom. The van der Waals surface area contributed by atoms with Crippen molar-refractivity contribution in [2.24, 2.45) is 0 Å². The molecule has 3 rings (SSSR count). The zero-order chi connectivity index (χ0) is 24.0. The monoisotopic (exact) mass is 465 g/mol. The number of hydrogen-bond acceptors (Lipinski definition) is 4. The molecular formula is C25H30F3NO4. The first kappa shape index (κ1) is 24.7. The molecule has 1 aliphatic heterocycles. The van der Waals surface area contributed by atoms with Gasteiger partial charge >= 0.3 is 6.18 Å². The number of nitrogens with zero attached hydrogens (tertiary/aromatic N) is 1. The van der Waals surface area contributed by atoms with Gasteiger partial charge < -0.3 is 19.1 Å². The Morgan fingerprint density at radius 2 is 1.73 bits per heavy atom. The maximum absolute atomic E-state index is 12.7. The summed E-state index contributed by atoms with van der Waals surface area (Å²) in [4.78, 5) is 14.5. The summed E-state index contributed by atoms with van der Waals surface area (Å²) in [5.41, 5.74) is 3.02. The number of ether oxygens (including phenoxy) is 3. The molecular weight excluding hydrogens is 435 g/mol. The molecule has 0 bridgehead atoms. The summed E-state index contributed by atoms with van der Waals surface area (Å²) < 4.78 is 53.4. The van der Waals surface area contributed by atoms with Crippen LogP contribution in [-0.2, 0) is 11.2 Å². The highest BCUT2D eigenvalue weighted by molar-refractivity contribution is 5.76. The van der Waals surface area contributed by atoms with Crippen LogP contribution in [0.5, 0.6) is 17.2 Å². The van der Waals surface area contributed by atoms with E-state index in [1.165, 1.54) is 13.2 Å². The van der Waals surface area contributed by atoms with Crippen molar-refractivity contribution in [3.05, 3.63) is 53.1 Å². The van der Waals surface area contributed by atoms with Gasteiger partial charge in [-0.3, -0.25) is 4.79 Å². The van der Waals surface area contributed by atoms with E-state index in [1.807, 2.05) is 36.9 Å². The van der Waals surface area contributed by atoms with Crippen LogP contribution in [0.4, 0.5) is 13.2 Å². The molecule has 0 radical (unpaired) electrons. The third kappa shape index (κ3) is 7.04. The van der Waals surface area contributed by atoms with Crippen molar-refractivity contribution in [3.63, 3.8) is 0 Å². The molecule has 2 aromatic carbocycles. The third-order valence-corrected chi connectivity index (χ3v) is 5.73. The van der Waals surface area contributed by atoms with Gasteiger partial charge in [-0.2, -0.15) is 13.2 Å². The van der Waals surface area contributed by atoms with Crippen molar-refractivity contribution in [2.75, 3.05) is 26.8 Å². The number of piperidine rings is 1. The predicted molar refractivity (Wildman–Crippen MR) is 119 cm³/mol. The van der Waals surface area contributed by atoms with Crippen molar-refractivity contribution in [3.8, 4) is 17.2 Å². The standard InChI is InChI=1S/C25H30F3NO4/c1-17-5-4-6-18(2)24(17)33-20-11-13-29(14-12-20)23(30)10-8-19-7-9-21(22(15-19)31-3)32-16-25(26,27)28/h4-7,9,15,20H,8,10-14,16H2,1-3H3. The van der Waals surface area contributed by atoms with Crippen LogP contribution in [0, 0.1) is 13.8 Å². The van der Waals surface area contributed by atoms with Crippen molar-refractivity contribution in [1.29, 1.82) is 0 Å². The molecule has 0 aliphatic carbocycles. The van der Waals surface area contributed by atoms with E-state index >= 15 is 0 Å². The molecule has 1 heterocycles. The van der Waals surface area contributed by atoms with E-state index in [0.29, 0.717) is 25.9 Å². The quantitative estimate of drug-likeness (QED) is 0.534. The molecule has 2 aromatic rings. The fraction of sp³-hybridized carbons (Fsp3) is 0.480. The lowest BCUT2D eigenvalue weighted by molar-refractivity contribution is -0.153. The zero-order valence-corrected chi connectivity index (χ0v) is 19.2. The fourth-order valence-corrected chi connectivity index (χ4v) is 3.93. The summed E-state index contributed by atoms with van der Waals surface area (Å²) >= 11 is 0. The van der Waals surface area contributed by atoms with Crippen LogP contribution in [0.3, 0.4) is 0 Å². The van der Waals surface area contributed by atoms with Crippen molar-refractivity contribution >= 4 is 5.91 Å². The summed E-state index contributed by atoms with van der Waals surface area (Å²) in [6.07, 6.45) is -2.01. The number of alkyl halides is 3. The summed E-state index contributed by atoms with van der Waals surface area (Å²) in [5.74, 6) is 1.22. The van der Waals surface area contributed by atoms with Gasteiger partial charge in [-0.05, 0) is 49.1 Å². The number of carbonyl (C=O) groups is 1. The lowest BCUT2D eigenvalue weighted by atomic mass is 10.0. The van der Waals surface area contributed by atoms with Crippen LogP contribution < -0.4 is 14.2 Å². The van der Waals surface area contributed by atoms with E-state index in [4.69, 9.17) is 14.2 Å². The van der Waals surface area contributed by atoms with Gasteiger partial charge in [-0.25, -0.2) is 0 Å². The zero-order valence-electron chi connectivity index (χ0n) is 19.2. The van der Waals surface area contributed by atoms with Gasteiger partial charge in [-0.15, -0.1) is 0 Å². The van der Waals surface area contributed by atoms with Crippen molar-refractivity contribution in [1.82, 2.24) is 4.90 Å². The number of aryl methyl sites for hydroxylation is 3. The van der Waals surface area contributed by atoms with E-state index in [-0.39, 0.29) is 23.5 Å². The van der Waals surface area contributed by atoms with Gasteiger partial charge in [-0.1, -0.05) is 24.3 Å².